The molecule has 0 spiro atoms. The van der Waals surface area contributed by atoms with Crippen LogP contribution in [0, 0.1) is 0 Å². The largest absolute Gasteiger partial charge is 0.487 e. The Morgan fingerprint density at radius 3 is 2.85 bits per heavy atom. The Morgan fingerprint density at radius 2 is 2.06 bits per heavy atom. The van der Waals surface area contributed by atoms with E-state index < -0.39 is 6.10 Å². The smallest absolute Gasteiger partial charge is 0.269 e. The number of nitrogens with zero attached hydrogens (tertiary/aromatic N) is 3. The Hall–Kier alpha value is -3.85. The monoisotopic (exact) mass is 447 g/mol. The summed E-state index contributed by atoms with van der Waals surface area (Å²) in [4.78, 5) is 23.5. The summed E-state index contributed by atoms with van der Waals surface area (Å²) in [7, 11) is 2.06. The van der Waals surface area contributed by atoms with Gasteiger partial charge in [0.15, 0.2) is 11.5 Å². The molecular weight excluding hydrogens is 422 g/mol. The van der Waals surface area contributed by atoms with Gasteiger partial charge in [0.05, 0.1) is 11.4 Å². The second-order valence-electron chi connectivity index (χ2n) is 8.16. The van der Waals surface area contributed by atoms with Gasteiger partial charge in [-0.05, 0) is 43.8 Å². The quantitative estimate of drug-likeness (QED) is 0.614. The maximum atomic E-state index is 13.0. The maximum absolute atomic E-state index is 13.0. The van der Waals surface area contributed by atoms with Gasteiger partial charge in [-0.3, -0.25) is 4.79 Å². The third-order valence-electron chi connectivity index (χ3n) is 5.65. The van der Waals surface area contributed by atoms with Crippen molar-refractivity contribution in [3.05, 3.63) is 54.7 Å². The molecule has 9 nitrogen and oxygen atoms in total. The van der Waals surface area contributed by atoms with E-state index in [1.165, 1.54) is 0 Å². The molecule has 1 fully saturated rings. The summed E-state index contributed by atoms with van der Waals surface area (Å²) < 4.78 is 17.8. The first-order valence-electron chi connectivity index (χ1n) is 10.8. The number of likely N-dealkylation sites (N-methyl/N-ethyl adjacent to an activating group) is 1. The van der Waals surface area contributed by atoms with Crippen LogP contribution in [0.3, 0.4) is 0 Å². The fourth-order valence-corrected chi connectivity index (χ4v) is 3.95. The molecule has 0 radical (unpaired) electrons. The summed E-state index contributed by atoms with van der Waals surface area (Å²) in [5.74, 6) is 1.63. The van der Waals surface area contributed by atoms with Crippen molar-refractivity contribution in [3.63, 3.8) is 0 Å². The van der Waals surface area contributed by atoms with Crippen molar-refractivity contribution in [2.24, 2.45) is 0 Å². The van der Waals surface area contributed by atoms with Crippen LogP contribution in [-0.4, -0.2) is 59.7 Å². The minimum Gasteiger partial charge on any atom is -0.487 e. The SMILES string of the molecule is CN1CCC(Oc2cc(-c3ccnc(N)n3)ccc2NC(=O)C2COc3ccccc3O2)C1. The number of nitrogens with one attached hydrogen (secondary N) is 1. The molecule has 1 saturated heterocycles. The van der Waals surface area contributed by atoms with Gasteiger partial charge in [-0.2, -0.15) is 0 Å². The van der Waals surface area contributed by atoms with Gasteiger partial charge in [0.25, 0.3) is 5.91 Å². The van der Waals surface area contributed by atoms with Crippen LogP contribution < -0.4 is 25.3 Å². The van der Waals surface area contributed by atoms with Crippen molar-refractivity contribution < 1.29 is 19.0 Å². The summed E-state index contributed by atoms with van der Waals surface area (Å²) >= 11 is 0. The van der Waals surface area contributed by atoms with Crippen LogP contribution >= 0.6 is 0 Å². The lowest BCUT2D eigenvalue weighted by Crippen LogP contribution is -2.40. The topological polar surface area (TPSA) is 112 Å². The summed E-state index contributed by atoms with van der Waals surface area (Å²) in [6.45, 7) is 1.90. The van der Waals surface area contributed by atoms with E-state index in [-0.39, 0.29) is 24.6 Å². The number of likely N-dealkylation sites (tertiary alicyclic amines) is 1. The lowest BCUT2D eigenvalue weighted by atomic mass is 10.1. The summed E-state index contributed by atoms with van der Waals surface area (Å²) in [5.41, 5.74) is 7.80. The zero-order chi connectivity index (χ0) is 22.8. The minimum absolute atomic E-state index is 0.0255. The van der Waals surface area contributed by atoms with E-state index in [9.17, 15) is 4.79 Å². The molecule has 2 unspecified atom stereocenters. The molecule has 1 aromatic heterocycles. The molecule has 3 heterocycles. The van der Waals surface area contributed by atoms with Crippen molar-refractivity contribution in [1.29, 1.82) is 0 Å². The van der Waals surface area contributed by atoms with Crippen molar-refractivity contribution in [3.8, 4) is 28.5 Å². The molecule has 1 amide bonds. The Bertz CT molecular complexity index is 1170. The standard InChI is InChI=1S/C24H25N5O4/c1-29-11-9-16(13-29)32-21-12-15(17-8-10-26-24(25)28-17)6-7-18(21)27-23(30)22-14-31-19-4-2-3-5-20(19)33-22/h2-8,10,12,16,22H,9,11,13-14H2,1H3,(H,27,30)(H2,25,26,28). The number of carbonyl (C=O) groups excluding carboxylic acids is 1. The molecule has 5 rings (SSSR count). The first kappa shape index (κ1) is 21.0. The first-order chi connectivity index (χ1) is 16.0. The van der Waals surface area contributed by atoms with Gasteiger partial charge in [-0.15, -0.1) is 0 Å². The Morgan fingerprint density at radius 1 is 1.21 bits per heavy atom. The number of anilines is 2. The Balaban J connectivity index is 1.39. The molecule has 3 N–H and O–H groups in total. The average Bonchev–Trinajstić information content (AvgIpc) is 3.24. The second-order valence-corrected chi connectivity index (χ2v) is 8.16. The third kappa shape index (κ3) is 4.68. The van der Waals surface area contributed by atoms with Gasteiger partial charge < -0.3 is 30.2 Å². The van der Waals surface area contributed by atoms with E-state index >= 15 is 0 Å². The van der Waals surface area contributed by atoms with E-state index in [0.29, 0.717) is 28.6 Å². The molecule has 0 aliphatic carbocycles. The van der Waals surface area contributed by atoms with Crippen LogP contribution in [0.5, 0.6) is 17.2 Å². The van der Waals surface area contributed by atoms with Crippen LogP contribution in [0.2, 0.25) is 0 Å². The third-order valence-corrected chi connectivity index (χ3v) is 5.65. The van der Waals surface area contributed by atoms with Crippen LogP contribution in [-0.2, 0) is 4.79 Å². The normalized spacial score (nSPS) is 19.8. The van der Waals surface area contributed by atoms with Gasteiger partial charge in [-0.25, -0.2) is 9.97 Å². The Kier molecular flexibility index (Phi) is 5.70. The predicted molar refractivity (Wildman–Crippen MR) is 123 cm³/mol. The number of fused-ring (bicyclic) bond motifs is 1. The molecule has 0 bridgehead atoms. The molecule has 2 aliphatic heterocycles. The number of hydrogen-bond acceptors (Lipinski definition) is 8. The van der Waals surface area contributed by atoms with E-state index in [2.05, 4.69) is 27.2 Å². The fraction of sp³-hybridized carbons (Fsp3) is 0.292. The molecule has 3 aromatic rings. The zero-order valence-electron chi connectivity index (χ0n) is 18.2. The van der Waals surface area contributed by atoms with Gasteiger partial charge in [0.1, 0.15) is 18.5 Å². The van der Waals surface area contributed by atoms with Crippen molar-refractivity contribution in [2.75, 3.05) is 37.8 Å². The molecule has 2 aromatic carbocycles. The number of carbonyl (C=O) groups is 1. The zero-order valence-corrected chi connectivity index (χ0v) is 18.2. The van der Waals surface area contributed by atoms with E-state index in [4.69, 9.17) is 19.9 Å². The van der Waals surface area contributed by atoms with Gasteiger partial charge >= 0.3 is 0 Å². The number of benzene rings is 2. The molecule has 2 aliphatic rings. The van der Waals surface area contributed by atoms with Gasteiger partial charge in [0, 0.05) is 24.8 Å². The summed E-state index contributed by atoms with van der Waals surface area (Å²) in [6.07, 6.45) is 1.77. The number of nitrogens with two attached hydrogens (primary N) is 1. The van der Waals surface area contributed by atoms with E-state index in [1.54, 1.807) is 24.4 Å². The molecular formula is C24H25N5O4. The number of amides is 1. The average molecular weight is 447 g/mol. The molecule has 9 heteroatoms. The lowest BCUT2D eigenvalue weighted by Gasteiger charge is -2.26. The second kappa shape index (κ2) is 8.95. The molecule has 0 saturated carbocycles. The highest BCUT2D eigenvalue weighted by Crippen LogP contribution is 2.34. The van der Waals surface area contributed by atoms with Gasteiger partial charge in [-0.1, -0.05) is 18.2 Å². The minimum atomic E-state index is -0.772. The van der Waals surface area contributed by atoms with Crippen molar-refractivity contribution in [2.45, 2.75) is 18.6 Å². The summed E-state index contributed by atoms with van der Waals surface area (Å²) in [6, 6.07) is 14.6. The maximum Gasteiger partial charge on any atom is 0.269 e. The molecule has 2 atom stereocenters. The van der Waals surface area contributed by atoms with Crippen LogP contribution in [0.4, 0.5) is 11.6 Å². The van der Waals surface area contributed by atoms with Crippen molar-refractivity contribution in [1.82, 2.24) is 14.9 Å². The van der Waals surface area contributed by atoms with Crippen LogP contribution in [0.1, 0.15) is 6.42 Å². The van der Waals surface area contributed by atoms with Crippen molar-refractivity contribution >= 4 is 17.5 Å². The first-order valence-corrected chi connectivity index (χ1v) is 10.8. The highest BCUT2D eigenvalue weighted by molar-refractivity contribution is 5.96. The lowest BCUT2D eigenvalue weighted by molar-refractivity contribution is -0.125. The summed E-state index contributed by atoms with van der Waals surface area (Å²) in [5, 5.41) is 2.95. The molecule has 33 heavy (non-hydrogen) atoms. The number of rotatable bonds is 5. The number of nitrogen functional groups attached to an aromatic ring is 1. The molecule has 170 valence electrons. The Labute approximate surface area is 191 Å². The number of ether oxygens (including phenoxy) is 3. The predicted octanol–water partition coefficient (Wildman–Crippen LogP) is 2.59. The number of aromatic nitrogens is 2. The number of para-hydroxylation sites is 2. The van der Waals surface area contributed by atoms with Crippen LogP contribution in [0.15, 0.2) is 54.7 Å². The van der Waals surface area contributed by atoms with Crippen LogP contribution in [0.25, 0.3) is 11.3 Å². The highest BCUT2D eigenvalue weighted by atomic mass is 16.6. The van der Waals surface area contributed by atoms with E-state index in [0.717, 1.165) is 25.1 Å². The fourth-order valence-electron chi connectivity index (χ4n) is 3.95. The highest BCUT2D eigenvalue weighted by Gasteiger charge is 2.29. The van der Waals surface area contributed by atoms with E-state index in [1.807, 2.05) is 30.3 Å². The van der Waals surface area contributed by atoms with Gasteiger partial charge in [0.2, 0.25) is 12.1 Å². The number of hydrogen-bond donors (Lipinski definition) is 2.